The standard InChI is InChI=1S/C14H18FNO4S/c1-21(19,20)6-5-16-8-12(13(9-16)14(17)18)10-3-2-4-11(15)7-10/h2-4,7,12-13H,5-6,8-9H2,1H3,(H,17,18)/t12-,13+/m1/s1. The molecule has 1 aromatic carbocycles. The molecule has 0 amide bonds. The van der Waals surface area contributed by atoms with E-state index in [9.17, 15) is 22.7 Å². The van der Waals surface area contributed by atoms with Crippen molar-refractivity contribution in [3.8, 4) is 0 Å². The van der Waals surface area contributed by atoms with Gasteiger partial charge in [0.15, 0.2) is 0 Å². The summed E-state index contributed by atoms with van der Waals surface area (Å²) in [7, 11) is -3.09. The minimum Gasteiger partial charge on any atom is -0.481 e. The SMILES string of the molecule is CS(=O)(=O)CCN1C[C@H](C(=O)O)[C@@H](c2cccc(F)c2)C1. The largest absolute Gasteiger partial charge is 0.481 e. The Kier molecular flexibility index (Phi) is 4.63. The van der Waals surface area contributed by atoms with Crippen LogP contribution in [0.4, 0.5) is 4.39 Å². The van der Waals surface area contributed by atoms with Crippen molar-refractivity contribution < 1.29 is 22.7 Å². The number of benzene rings is 1. The van der Waals surface area contributed by atoms with Gasteiger partial charge in [-0.2, -0.15) is 0 Å². The van der Waals surface area contributed by atoms with Crippen LogP contribution in [0, 0.1) is 11.7 Å². The Morgan fingerprint density at radius 1 is 1.43 bits per heavy atom. The van der Waals surface area contributed by atoms with Crippen molar-refractivity contribution in [1.82, 2.24) is 4.90 Å². The van der Waals surface area contributed by atoms with Gasteiger partial charge in [0.1, 0.15) is 15.7 Å². The van der Waals surface area contributed by atoms with E-state index in [0.717, 1.165) is 6.26 Å². The number of carboxylic acids is 1. The Bertz CT molecular complexity index is 632. The Hall–Kier alpha value is -1.47. The number of likely N-dealkylation sites (tertiary alicyclic amines) is 1. The first kappa shape index (κ1) is 15.9. The lowest BCUT2D eigenvalue weighted by Gasteiger charge is -2.15. The number of rotatable bonds is 5. The van der Waals surface area contributed by atoms with E-state index < -0.39 is 27.5 Å². The summed E-state index contributed by atoms with van der Waals surface area (Å²) in [4.78, 5) is 13.2. The molecule has 0 spiro atoms. The van der Waals surface area contributed by atoms with Crippen molar-refractivity contribution >= 4 is 15.8 Å². The molecule has 5 nitrogen and oxygen atoms in total. The number of aliphatic carboxylic acids is 1. The second-order valence-electron chi connectivity index (χ2n) is 5.50. The zero-order valence-corrected chi connectivity index (χ0v) is 12.5. The minimum absolute atomic E-state index is 0.00475. The molecule has 0 aliphatic carbocycles. The smallest absolute Gasteiger partial charge is 0.308 e. The highest BCUT2D eigenvalue weighted by atomic mass is 32.2. The highest BCUT2D eigenvalue weighted by Crippen LogP contribution is 2.33. The summed E-state index contributed by atoms with van der Waals surface area (Å²) in [5.74, 6) is -2.31. The van der Waals surface area contributed by atoms with Crippen molar-refractivity contribution in [2.24, 2.45) is 5.92 Å². The van der Waals surface area contributed by atoms with Gasteiger partial charge in [-0.3, -0.25) is 4.79 Å². The zero-order chi connectivity index (χ0) is 15.6. The summed E-state index contributed by atoms with van der Waals surface area (Å²) < 4.78 is 35.7. The van der Waals surface area contributed by atoms with E-state index >= 15 is 0 Å². The molecule has 2 rings (SSSR count). The fraction of sp³-hybridized carbons (Fsp3) is 0.500. The van der Waals surface area contributed by atoms with Crippen LogP contribution in [0.15, 0.2) is 24.3 Å². The molecule has 1 fully saturated rings. The van der Waals surface area contributed by atoms with Gasteiger partial charge in [0.2, 0.25) is 0 Å². The van der Waals surface area contributed by atoms with E-state index in [-0.39, 0.29) is 18.2 Å². The quantitative estimate of drug-likeness (QED) is 0.876. The lowest BCUT2D eigenvalue weighted by molar-refractivity contribution is -0.141. The average Bonchev–Trinajstić information content (AvgIpc) is 2.80. The van der Waals surface area contributed by atoms with Gasteiger partial charge in [0.05, 0.1) is 11.7 Å². The van der Waals surface area contributed by atoms with Crippen LogP contribution in [-0.4, -0.2) is 56.0 Å². The lowest BCUT2D eigenvalue weighted by Crippen LogP contribution is -2.28. The Labute approximate surface area is 123 Å². The van der Waals surface area contributed by atoms with E-state index in [2.05, 4.69) is 0 Å². The van der Waals surface area contributed by atoms with Crippen molar-refractivity contribution in [2.75, 3.05) is 31.6 Å². The van der Waals surface area contributed by atoms with Gasteiger partial charge in [-0.05, 0) is 17.7 Å². The second-order valence-corrected chi connectivity index (χ2v) is 7.76. The van der Waals surface area contributed by atoms with Gasteiger partial charge in [0.25, 0.3) is 0 Å². The number of carbonyl (C=O) groups is 1. The first-order valence-corrected chi connectivity index (χ1v) is 8.70. The van der Waals surface area contributed by atoms with E-state index in [4.69, 9.17) is 0 Å². The molecule has 2 atom stereocenters. The summed E-state index contributed by atoms with van der Waals surface area (Å²) in [5, 5.41) is 9.32. The number of hydrogen-bond acceptors (Lipinski definition) is 4. The van der Waals surface area contributed by atoms with E-state index in [1.54, 1.807) is 12.1 Å². The van der Waals surface area contributed by atoms with Crippen LogP contribution in [0.5, 0.6) is 0 Å². The highest BCUT2D eigenvalue weighted by Gasteiger charge is 2.38. The normalized spacial score (nSPS) is 23.3. The third kappa shape index (κ3) is 4.25. The maximum atomic E-state index is 13.3. The van der Waals surface area contributed by atoms with E-state index in [0.29, 0.717) is 18.7 Å². The van der Waals surface area contributed by atoms with Crippen LogP contribution < -0.4 is 0 Å². The molecule has 0 saturated carbocycles. The molecule has 116 valence electrons. The Morgan fingerprint density at radius 2 is 2.14 bits per heavy atom. The molecular weight excluding hydrogens is 297 g/mol. The summed E-state index contributed by atoms with van der Waals surface area (Å²) >= 11 is 0. The van der Waals surface area contributed by atoms with Gasteiger partial charge in [0, 0.05) is 31.8 Å². The number of sulfone groups is 1. The molecule has 0 bridgehead atoms. The fourth-order valence-electron chi connectivity index (χ4n) is 2.69. The van der Waals surface area contributed by atoms with Crippen LogP contribution in [0.3, 0.4) is 0 Å². The van der Waals surface area contributed by atoms with Gasteiger partial charge >= 0.3 is 5.97 Å². The molecule has 0 aromatic heterocycles. The third-order valence-electron chi connectivity index (χ3n) is 3.77. The molecule has 7 heteroatoms. The predicted octanol–water partition coefficient (Wildman–Crippen LogP) is 0.970. The third-order valence-corrected chi connectivity index (χ3v) is 4.69. The van der Waals surface area contributed by atoms with Crippen molar-refractivity contribution in [2.45, 2.75) is 5.92 Å². The average molecular weight is 315 g/mol. The summed E-state index contributed by atoms with van der Waals surface area (Å²) in [6, 6.07) is 5.93. The Morgan fingerprint density at radius 3 is 2.71 bits per heavy atom. The molecule has 0 unspecified atom stereocenters. The minimum atomic E-state index is -3.09. The lowest BCUT2D eigenvalue weighted by atomic mass is 9.89. The van der Waals surface area contributed by atoms with Crippen LogP contribution in [-0.2, 0) is 14.6 Å². The highest BCUT2D eigenvalue weighted by molar-refractivity contribution is 7.90. The number of nitrogens with zero attached hydrogens (tertiary/aromatic N) is 1. The van der Waals surface area contributed by atoms with E-state index in [1.165, 1.54) is 12.1 Å². The second kappa shape index (κ2) is 6.11. The van der Waals surface area contributed by atoms with E-state index in [1.807, 2.05) is 4.90 Å². The molecule has 1 aliphatic heterocycles. The number of hydrogen-bond donors (Lipinski definition) is 1. The van der Waals surface area contributed by atoms with Crippen LogP contribution in [0.2, 0.25) is 0 Å². The molecule has 0 radical (unpaired) electrons. The van der Waals surface area contributed by atoms with Gasteiger partial charge < -0.3 is 10.0 Å². The molecule has 1 aliphatic rings. The fourth-order valence-corrected chi connectivity index (χ4v) is 3.28. The molecule has 21 heavy (non-hydrogen) atoms. The van der Waals surface area contributed by atoms with Crippen molar-refractivity contribution in [3.05, 3.63) is 35.6 Å². The van der Waals surface area contributed by atoms with Crippen molar-refractivity contribution in [1.29, 1.82) is 0 Å². The first-order valence-electron chi connectivity index (χ1n) is 6.64. The van der Waals surface area contributed by atoms with Crippen molar-refractivity contribution in [3.63, 3.8) is 0 Å². The van der Waals surface area contributed by atoms with Gasteiger partial charge in [-0.1, -0.05) is 12.1 Å². The summed E-state index contributed by atoms with van der Waals surface area (Å²) in [6.45, 7) is 1.01. The number of carboxylic acid groups (broad SMARTS) is 1. The van der Waals surface area contributed by atoms with Crippen LogP contribution in [0.25, 0.3) is 0 Å². The Balaban J connectivity index is 2.14. The van der Waals surface area contributed by atoms with Crippen LogP contribution >= 0.6 is 0 Å². The molecule has 1 aromatic rings. The van der Waals surface area contributed by atoms with Crippen LogP contribution in [0.1, 0.15) is 11.5 Å². The zero-order valence-electron chi connectivity index (χ0n) is 11.7. The molecule has 1 heterocycles. The first-order chi connectivity index (χ1) is 9.76. The number of halogens is 1. The van der Waals surface area contributed by atoms with Gasteiger partial charge in [-0.25, -0.2) is 12.8 Å². The monoisotopic (exact) mass is 315 g/mol. The summed E-state index contributed by atoms with van der Waals surface area (Å²) in [6.07, 6.45) is 1.15. The topological polar surface area (TPSA) is 74.7 Å². The molecule has 1 N–H and O–H groups in total. The molecular formula is C14H18FNO4S. The predicted molar refractivity (Wildman–Crippen MR) is 76.4 cm³/mol. The maximum absolute atomic E-state index is 13.3. The maximum Gasteiger partial charge on any atom is 0.308 e. The van der Waals surface area contributed by atoms with Gasteiger partial charge in [-0.15, -0.1) is 0 Å². The molecule has 1 saturated heterocycles. The summed E-state index contributed by atoms with van der Waals surface area (Å²) in [5.41, 5.74) is 0.643.